The molecule has 5 rings (SSSR count). The topological polar surface area (TPSA) is 126 Å². The third-order valence-corrected chi connectivity index (χ3v) is 6.17. The largest absolute Gasteiger partial charge is 0.481 e. The van der Waals surface area contributed by atoms with Gasteiger partial charge in [0.15, 0.2) is 5.82 Å². The molecule has 1 saturated heterocycles. The number of carboxylic acids is 1. The summed E-state index contributed by atoms with van der Waals surface area (Å²) in [4.78, 5) is 27.2. The Morgan fingerprint density at radius 3 is 2.50 bits per heavy atom. The molecular weight excluding hydrogens is 456 g/mol. The number of aromatic nitrogens is 3. The van der Waals surface area contributed by atoms with Gasteiger partial charge in [0.25, 0.3) is 0 Å². The van der Waals surface area contributed by atoms with Crippen LogP contribution in [0.5, 0.6) is 0 Å². The minimum Gasteiger partial charge on any atom is -0.481 e. The summed E-state index contributed by atoms with van der Waals surface area (Å²) in [5.74, 6) is 0.685. The molecule has 0 aliphatic carbocycles. The zero-order valence-electron chi connectivity index (χ0n) is 19.8. The number of hydrogen-bond acceptors (Lipinski definition) is 8. The van der Waals surface area contributed by atoms with E-state index in [-0.39, 0.29) is 6.42 Å². The number of carboxylic acid groups (broad SMARTS) is 1. The van der Waals surface area contributed by atoms with Crippen LogP contribution in [0.25, 0.3) is 22.2 Å². The van der Waals surface area contributed by atoms with Crippen LogP contribution in [-0.4, -0.2) is 52.3 Å². The van der Waals surface area contributed by atoms with Gasteiger partial charge in [-0.25, -0.2) is 0 Å². The summed E-state index contributed by atoms with van der Waals surface area (Å²) in [5, 5.41) is 14.8. The minimum atomic E-state index is -0.929. The number of carbonyl (C=O) groups is 1. The number of morpholine rings is 1. The van der Waals surface area contributed by atoms with E-state index in [0.717, 1.165) is 16.7 Å². The molecule has 4 N–H and O–H groups in total. The van der Waals surface area contributed by atoms with Gasteiger partial charge in [0.2, 0.25) is 11.9 Å². The van der Waals surface area contributed by atoms with Crippen molar-refractivity contribution in [3.05, 3.63) is 77.9 Å². The van der Waals surface area contributed by atoms with Gasteiger partial charge in [0, 0.05) is 31.2 Å². The van der Waals surface area contributed by atoms with Crippen LogP contribution >= 0.6 is 0 Å². The first kappa shape index (κ1) is 23.7. The Morgan fingerprint density at radius 2 is 1.75 bits per heavy atom. The van der Waals surface area contributed by atoms with E-state index in [1.807, 2.05) is 36.4 Å². The van der Waals surface area contributed by atoms with Gasteiger partial charge in [0.05, 0.1) is 19.6 Å². The van der Waals surface area contributed by atoms with Crippen molar-refractivity contribution >= 4 is 28.6 Å². The van der Waals surface area contributed by atoms with Gasteiger partial charge in [0.1, 0.15) is 0 Å². The maximum Gasteiger partial charge on any atom is 0.305 e. The number of hydrogen-bond donors (Lipinski definition) is 3. The van der Waals surface area contributed by atoms with E-state index < -0.39 is 12.0 Å². The van der Waals surface area contributed by atoms with Crippen molar-refractivity contribution in [2.75, 3.05) is 36.5 Å². The zero-order valence-corrected chi connectivity index (χ0v) is 19.8. The van der Waals surface area contributed by atoms with Crippen LogP contribution in [0.4, 0.5) is 11.9 Å². The number of nitrogens with two attached hydrogens (primary N) is 1. The van der Waals surface area contributed by atoms with E-state index in [9.17, 15) is 4.79 Å². The molecule has 1 aliphatic heterocycles. The second-order valence-corrected chi connectivity index (χ2v) is 8.74. The van der Waals surface area contributed by atoms with Crippen LogP contribution in [0.3, 0.4) is 0 Å². The van der Waals surface area contributed by atoms with Gasteiger partial charge in [-0.3, -0.25) is 4.79 Å². The zero-order chi connectivity index (χ0) is 24.9. The summed E-state index contributed by atoms with van der Waals surface area (Å²) >= 11 is 0. The Balaban J connectivity index is 1.41. The average molecular weight is 485 g/mol. The van der Waals surface area contributed by atoms with Crippen molar-refractivity contribution in [1.82, 2.24) is 15.0 Å². The van der Waals surface area contributed by atoms with Crippen molar-refractivity contribution in [1.29, 1.82) is 0 Å². The van der Waals surface area contributed by atoms with Crippen LogP contribution in [0, 0.1) is 0 Å². The molecule has 4 aromatic rings. The lowest BCUT2D eigenvalue weighted by Gasteiger charge is -2.27. The lowest BCUT2D eigenvalue weighted by atomic mass is 10.0. The molecule has 9 nitrogen and oxygen atoms in total. The van der Waals surface area contributed by atoms with Crippen molar-refractivity contribution < 1.29 is 14.6 Å². The Bertz CT molecular complexity index is 1360. The number of fused-ring (bicyclic) bond motifs is 1. The summed E-state index contributed by atoms with van der Waals surface area (Å²) in [6.07, 6.45) is -0.130. The Morgan fingerprint density at radius 1 is 1.00 bits per heavy atom. The lowest BCUT2D eigenvalue weighted by Crippen LogP contribution is -2.37. The summed E-state index contributed by atoms with van der Waals surface area (Å²) < 4.78 is 5.49. The smallest absolute Gasteiger partial charge is 0.305 e. The molecule has 0 spiro atoms. The van der Waals surface area contributed by atoms with Crippen molar-refractivity contribution in [2.45, 2.75) is 19.0 Å². The van der Waals surface area contributed by atoms with Crippen LogP contribution in [0.15, 0.2) is 66.7 Å². The van der Waals surface area contributed by atoms with Crippen molar-refractivity contribution in [3.8, 4) is 11.4 Å². The van der Waals surface area contributed by atoms with Crippen molar-refractivity contribution in [2.24, 2.45) is 5.73 Å². The first-order valence-corrected chi connectivity index (χ1v) is 11.9. The number of nitrogens with one attached hydrogen (secondary N) is 1. The number of ether oxygens (including phenoxy) is 1. The standard InChI is InChI=1S/C27H28N6O3/c28-23(16-24(34)35)20-7-9-21(10-8-20)25-30-26(32-27(31-25)33-11-13-36-14-12-33)29-17-18-5-6-19-3-1-2-4-22(19)15-18/h1-10,15,23H,11-14,16-17,28H2,(H,34,35)(H,29,30,31,32). The SMILES string of the molecule is NC(CC(=O)O)c1ccc(-c2nc(NCc3ccc4ccccc4c3)nc(N3CCOCC3)n2)cc1. The number of benzene rings is 3. The number of nitrogens with zero attached hydrogens (tertiary/aromatic N) is 4. The normalized spacial score (nSPS) is 14.5. The predicted molar refractivity (Wildman–Crippen MR) is 139 cm³/mol. The van der Waals surface area contributed by atoms with E-state index in [1.54, 1.807) is 0 Å². The highest BCUT2D eigenvalue weighted by molar-refractivity contribution is 5.83. The molecule has 1 atom stereocenters. The molecule has 36 heavy (non-hydrogen) atoms. The fourth-order valence-electron chi connectivity index (χ4n) is 4.19. The monoisotopic (exact) mass is 484 g/mol. The first-order chi connectivity index (χ1) is 17.5. The van der Waals surface area contributed by atoms with Gasteiger partial charge < -0.3 is 25.8 Å². The Labute approximate surface area is 209 Å². The molecule has 1 aromatic heterocycles. The van der Waals surface area contributed by atoms with Crippen LogP contribution < -0.4 is 16.0 Å². The van der Waals surface area contributed by atoms with Crippen LogP contribution in [0.1, 0.15) is 23.6 Å². The third kappa shape index (κ3) is 5.59. The molecule has 1 fully saturated rings. The average Bonchev–Trinajstić information content (AvgIpc) is 2.92. The first-order valence-electron chi connectivity index (χ1n) is 11.9. The second kappa shape index (κ2) is 10.7. The highest BCUT2D eigenvalue weighted by atomic mass is 16.5. The van der Waals surface area contributed by atoms with E-state index in [1.165, 1.54) is 10.8 Å². The van der Waals surface area contributed by atoms with Crippen LogP contribution in [-0.2, 0) is 16.1 Å². The van der Waals surface area contributed by atoms with Gasteiger partial charge >= 0.3 is 5.97 Å². The highest BCUT2D eigenvalue weighted by Crippen LogP contribution is 2.24. The van der Waals surface area contributed by atoms with Gasteiger partial charge in [-0.05, 0) is 28.0 Å². The molecule has 2 heterocycles. The lowest BCUT2D eigenvalue weighted by molar-refractivity contribution is -0.137. The summed E-state index contributed by atoms with van der Waals surface area (Å²) in [7, 11) is 0. The van der Waals surface area contributed by atoms with E-state index in [2.05, 4.69) is 45.5 Å². The summed E-state index contributed by atoms with van der Waals surface area (Å²) in [5.41, 5.74) is 8.68. The molecule has 1 unspecified atom stereocenters. The predicted octanol–water partition coefficient (Wildman–Crippen LogP) is 3.62. The highest BCUT2D eigenvalue weighted by Gasteiger charge is 2.18. The second-order valence-electron chi connectivity index (χ2n) is 8.74. The summed E-state index contributed by atoms with van der Waals surface area (Å²) in [6.45, 7) is 3.22. The molecule has 1 aliphatic rings. The summed E-state index contributed by atoms with van der Waals surface area (Å²) in [6, 6.07) is 21.4. The molecule has 0 amide bonds. The molecule has 3 aromatic carbocycles. The maximum atomic E-state index is 11.0. The van der Waals surface area contributed by atoms with E-state index >= 15 is 0 Å². The van der Waals surface area contributed by atoms with Gasteiger partial charge in [-0.15, -0.1) is 0 Å². The molecule has 0 bridgehead atoms. The van der Waals surface area contributed by atoms with Gasteiger partial charge in [-0.2, -0.15) is 15.0 Å². The fourth-order valence-corrected chi connectivity index (χ4v) is 4.19. The third-order valence-electron chi connectivity index (χ3n) is 6.17. The van der Waals surface area contributed by atoms with E-state index in [4.69, 9.17) is 25.5 Å². The van der Waals surface area contributed by atoms with Gasteiger partial charge in [-0.1, -0.05) is 60.7 Å². The van der Waals surface area contributed by atoms with Crippen LogP contribution in [0.2, 0.25) is 0 Å². The molecule has 0 saturated carbocycles. The quantitative estimate of drug-likeness (QED) is 0.344. The van der Waals surface area contributed by atoms with E-state index in [0.29, 0.717) is 50.6 Å². The molecule has 0 radical (unpaired) electrons. The fraction of sp³-hybridized carbons (Fsp3) is 0.259. The number of rotatable bonds is 8. The maximum absolute atomic E-state index is 11.0. The number of aliphatic carboxylic acids is 1. The Hall–Kier alpha value is -4.08. The van der Waals surface area contributed by atoms with Crippen molar-refractivity contribution in [3.63, 3.8) is 0 Å². The minimum absolute atomic E-state index is 0.130. The molecular formula is C27H28N6O3. The number of anilines is 2. The molecule has 9 heteroatoms. The molecule has 184 valence electrons. The Kier molecular flexibility index (Phi) is 7.01.